The lowest BCUT2D eigenvalue weighted by Gasteiger charge is -2.10. The van der Waals surface area contributed by atoms with E-state index in [1.807, 2.05) is 115 Å². The Morgan fingerprint density at radius 3 is 1.07 bits per heavy atom. The fourth-order valence-electron chi connectivity index (χ4n) is 6.44. The SMILES string of the molecule is Fc1ccc(-c2cc(-c3ccccc3)cc(-c3ccc(-c4ccc(-c5ccc(-c6nc(-c7ccccc7)nc(-c7ccccc7)n6)cc5)cc4)cn3)n2)nc1. The van der Waals surface area contributed by atoms with Crippen LogP contribution in [0, 0.1) is 5.82 Å². The summed E-state index contributed by atoms with van der Waals surface area (Å²) in [6.07, 6.45) is 3.08. The number of aromatic nitrogens is 6. The summed E-state index contributed by atoms with van der Waals surface area (Å²) in [6, 6.07) is 57.9. The van der Waals surface area contributed by atoms with Crippen molar-refractivity contribution < 1.29 is 4.39 Å². The van der Waals surface area contributed by atoms with Gasteiger partial charge in [0.1, 0.15) is 5.82 Å². The Kier molecular flexibility index (Phi) is 9.00. The van der Waals surface area contributed by atoms with Crippen LogP contribution < -0.4 is 0 Å². The minimum Gasteiger partial charge on any atom is -0.254 e. The van der Waals surface area contributed by atoms with Gasteiger partial charge in [0.25, 0.3) is 0 Å². The minimum atomic E-state index is -0.391. The van der Waals surface area contributed by atoms with Crippen molar-refractivity contribution in [2.24, 2.45) is 0 Å². The lowest BCUT2D eigenvalue weighted by atomic mass is 9.99. The minimum absolute atomic E-state index is 0.391. The summed E-state index contributed by atoms with van der Waals surface area (Å²) in [5.41, 5.74) is 11.7. The summed E-state index contributed by atoms with van der Waals surface area (Å²) in [6.45, 7) is 0. The molecule has 4 heterocycles. The molecule has 0 spiro atoms. The van der Waals surface area contributed by atoms with Gasteiger partial charge in [-0.1, -0.05) is 146 Å². The number of pyridine rings is 3. The predicted octanol–water partition coefficient (Wildman–Crippen LogP) is 11.5. The molecule has 0 bridgehead atoms. The van der Waals surface area contributed by atoms with E-state index in [1.54, 1.807) is 6.07 Å². The molecule has 260 valence electrons. The molecule has 0 unspecified atom stereocenters. The van der Waals surface area contributed by atoms with Gasteiger partial charge < -0.3 is 0 Å². The Hall–Kier alpha value is -7.51. The van der Waals surface area contributed by atoms with Crippen LogP contribution in [0.3, 0.4) is 0 Å². The van der Waals surface area contributed by atoms with Crippen molar-refractivity contribution in [1.82, 2.24) is 29.9 Å². The highest BCUT2D eigenvalue weighted by atomic mass is 19.1. The van der Waals surface area contributed by atoms with Gasteiger partial charge in [-0.2, -0.15) is 0 Å². The molecule has 6 nitrogen and oxygen atoms in total. The number of nitrogens with zero attached hydrogens (tertiary/aromatic N) is 6. The molecule has 0 saturated heterocycles. The molecule has 0 aliphatic carbocycles. The zero-order valence-corrected chi connectivity index (χ0v) is 29.5. The summed E-state index contributed by atoms with van der Waals surface area (Å²) in [4.78, 5) is 28.5. The number of hydrogen-bond donors (Lipinski definition) is 0. The summed E-state index contributed by atoms with van der Waals surface area (Å²) in [7, 11) is 0. The first-order valence-corrected chi connectivity index (χ1v) is 17.9. The van der Waals surface area contributed by atoms with Crippen molar-refractivity contribution in [2.45, 2.75) is 0 Å². The lowest BCUT2D eigenvalue weighted by Crippen LogP contribution is -2.00. The number of benzene rings is 5. The van der Waals surface area contributed by atoms with E-state index in [2.05, 4.69) is 59.6 Å². The quantitative estimate of drug-likeness (QED) is 0.156. The monoisotopic (exact) mass is 710 g/mol. The molecular formula is C48H31FN6. The van der Waals surface area contributed by atoms with E-state index in [0.717, 1.165) is 55.8 Å². The van der Waals surface area contributed by atoms with Gasteiger partial charge in [0.15, 0.2) is 17.5 Å². The highest BCUT2D eigenvalue weighted by Crippen LogP contribution is 2.32. The zero-order chi connectivity index (χ0) is 37.0. The van der Waals surface area contributed by atoms with Gasteiger partial charge >= 0.3 is 0 Å². The molecule has 5 aromatic carbocycles. The Morgan fingerprint density at radius 1 is 0.273 bits per heavy atom. The maximum absolute atomic E-state index is 13.7. The van der Waals surface area contributed by atoms with Crippen LogP contribution in [-0.4, -0.2) is 29.9 Å². The molecule has 9 aromatic rings. The number of hydrogen-bond acceptors (Lipinski definition) is 6. The average Bonchev–Trinajstić information content (AvgIpc) is 3.27. The van der Waals surface area contributed by atoms with Crippen LogP contribution in [0.5, 0.6) is 0 Å². The smallest absolute Gasteiger partial charge is 0.164 e. The maximum atomic E-state index is 13.7. The first-order valence-electron chi connectivity index (χ1n) is 17.9. The standard InChI is InChI=1S/C48H31FN6/c49-41-25-27-43(51-31-41)45-29-40(32-10-4-1-5-11-32)28-44(52-45)42-26-24-39(30-50-42)35-18-16-33(17-19-35)34-20-22-38(23-21-34)48-54-46(36-12-6-2-7-13-36)53-47(55-48)37-14-8-3-9-15-37/h1-31H. The highest BCUT2D eigenvalue weighted by molar-refractivity contribution is 5.77. The van der Waals surface area contributed by atoms with Gasteiger partial charge in [-0.05, 0) is 58.1 Å². The summed E-state index contributed by atoms with van der Waals surface area (Å²) in [5.74, 6) is 1.50. The van der Waals surface area contributed by atoms with Crippen LogP contribution in [-0.2, 0) is 0 Å². The largest absolute Gasteiger partial charge is 0.254 e. The van der Waals surface area contributed by atoms with Crippen molar-refractivity contribution in [3.8, 4) is 90.3 Å². The van der Waals surface area contributed by atoms with Gasteiger partial charge in [-0.25, -0.2) is 24.3 Å². The average molecular weight is 711 g/mol. The Labute approximate surface area is 317 Å². The third kappa shape index (κ3) is 7.27. The predicted molar refractivity (Wildman–Crippen MR) is 217 cm³/mol. The fraction of sp³-hybridized carbons (Fsp3) is 0. The second-order valence-electron chi connectivity index (χ2n) is 13.0. The van der Waals surface area contributed by atoms with Gasteiger partial charge in [0.2, 0.25) is 0 Å². The van der Waals surface area contributed by atoms with Crippen molar-refractivity contribution in [3.05, 3.63) is 194 Å². The molecule has 4 aromatic heterocycles. The molecule has 0 aliphatic rings. The fourth-order valence-corrected chi connectivity index (χ4v) is 6.44. The molecule has 0 fully saturated rings. The van der Waals surface area contributed by atoms with Crippen molar-refractivity contribution in [1.29, 1.82) is 0 Å². The van der Waals surface area contributed by atoms with Crippen LogP contribution in [0.25, 0.3) is 90.3 Å². The summed E-state index contributed by atoms with van der Waals surface area (Å²) in [5, 5.41) is 0. The van der Waals surface area contributed by atoms with E-state index in [4.69, 9.17) is 24.9 Å². The lowest BCUT2D eigenvalue weighted by molar-refractivity contribution is 0.622. The van der Waals surface area contributed by atoms with Gasteiger partial charge in [0.05, 0.1) is 29.0 Å². The summed E-state index contributed by atoms with van der Waals surface area (Å²) < 4.78 is 13.7. The Bertz CT molecular complexity index is 2650. The van der Waals surface area contributed by atoms with E-state index >= 15 is 0 Å². The van der Waals surface area contributed by atoms with Crippen LogP contribution in [0.1, 0.15) is 0 Å². The zero-order valence-electron chi connectivity index (χ0n) is 29.5. The van der Waals surface area contributed by atoms with Crippen molar-refractivity contribution >= 4 is 0 Å². The summed E-state index contributed by atoms with van der Waals surface area (Å²) >= 11 is 0. The molecule has 7 heteroatoms. The molecule has 0 saturated carbocycles. The van der Waals surface area contributed by atoms with Crippen LogP contribution in [0.15, 0.2) is 188 Å². The van der Waals surface area contributed by atoms with Crippen LogP contribution >= 0.6 is 0 Å². The van der Waals surface area contributed by atoms with E-state index in [9.17, 15) is 4.39 Å². The second-order valence-corrected chi connectivity index (χ2v) is 13.0. The van der Waals surface area contributed by atoms with Gasteiger partial charge in [-0.3, -0.25) is 9.97 Å². The molecule has 0 aliphatic heterocycles. The third-order valence-electron chi connectivity index (χ3n) is 9.34. The molecule has 0 radical (unpaired) electrons. The third-order valence-corrected chi connectivity index (χ3v) is 9.34. The van der Waals surface area contributed by atoms with Crippen molar-refractivity contribution in [2.75, 3.05) is 0 Å². The molecule has 0 atom stereocenters. The van der Waals surface area contributed by atoms with E-state index in [0.29, 0.717) is 34.6 Å². The maximum Gasteiger partial charge on any atom is 0.164 e. The van der Waals surface area contributed by atoms with E-state index < -0.39 is 5.82 Å². The van der Waals surface area contributed by atoms with Gasteiger partial charge in [0, 0.05) is 28.5 Å². The molecular weight excluding hydrogens is 680 g/mol. The van der Waals surface area contributed by atoms with E-state index in [1.165, 1.54) is 12.3 Å². The van der Waals surface area contributed by atoms with Crippen LogP contribution in [0.4, 0.5) is 4.39 Å². The van der Waals surface area contributed by atoms with Gasteiger partial charge in [-0.15, -0.1) is 0 Å². The van der Waals surface area contributed by atoms with E-state index in [-0.39, 0.29) is 0 Å². The first kappa shape index (κ1) is 33.3. The van der Waals surface area contributed by atoms with Crippen molar-refractivity contribution in [3.63, 3.8) is 0 Å². The molecule has 0 amide bonds. The second kappa shape index (κ2) is 14.8. The Morgan fingerprint density at radius 2 is 0.636 bits per heavy atom. The molecule has 55 heavy (non-hydrogen) atoms. The first-order chi connectivity index (χ1) is 27.1. The number of halogens is 1. The normalized spacial score (nSPS) is 11.0. The topological polar surface area (TPSA) is 77.3 Å². The highest BCUT2D eigenvalue weighted by Gasteiger charge is 2.14. The van der Waals surface area contributed by atoms with Crippen LogP contribution in [0.2, 0.25) is 0 Å². The molecule has 9 rings (SSSR count). The Balaban J connectivity index is 0.968. The molecule has 0 N–H and O–H groups in total. The number of rotatable bonds is 8.